The number of rotatable bonds is 4. The minimum atomic E-state index is -0.494. The lowest BCUT2D eigenvalue weighted by molar-refractivity contribution is 0.0999. The molecule has 2 N–H and O–H groups in total. The fourth-order valence-corrected chi connectivity index (χ4v) is 1.86. The van der Waals surface area contributed by atoms with E-state index in [0.29, 0.717) is 17.7 Å². The van der Waals surface area contributed by atoms with Crippen LogP contribution in [0.3, 0.4) is 0 Å². The summed E-state index contributed by atoms with van der Waals surface area (Å²) in [6.45, 7) is 2.01. The zero-order valence-corrected chi connectivity index (χ0v) is 10.1. The maximum absolute atomic E-state index is 12.9. The third-order valence-corrected chi connectivity index (χ3v) is 2.69. The monoisotopic (exact) mass is 247 g/mol. The number of aromatic nitrogens is 2. The number of carbonyl (C=O) groups excluding carboxylic acids is 1. The van der Waals surface area contributed by atoms with Crippen molar-refractivity contribution in [1.82, 2.24) is 9.78 Å². The summed E-state index contributed by atoms with van der Waals surface area (Å²) in [4.78, 5) is 11.3. The second kappa shape index (κ2) is 5.00. The molecule has 1 aromatic heterocycles. The van der Waals surface area contributed by atoms with Crippen molar-refractivity contribution in [2.24, 2.45) is 5.73 Å². The van der Waals surface area contributed by atoms with Crippen molar-refractivity contribution < 1.29 is 9.18 Å². The first-order valence-corrected chi connectivity index (χ1v) is 5.76. The average molecular weight is 247 g/mol. The van der Waals surface area contributed by atoms with Gasteiger partial charge in [0.2, 0.25) is 0 Å². The third-order valence-electron chi connectivity index (χ3n) is 2.69. The average Bonchev–Trinajstić information content (AvgIpc) is 2.74. The molecule has 0 atom stereocenters. The van der Waals surface area contributed by atoms with Crippen LogP contribution in [0.15, 0.2) is 30.5 Å². The number of hydrogen-bond donors (Lipinski definition) is 1. The maximum Gasteiger partial charge on any atom is 0.252 e. The number of nitrogens with zero attached hydrogens (tertiary/aromatic N) is 2. The fourth-order valence-electron chi connectivity index (χ4n) is 1.86. The van der Waals surface area contributed by atoms with E-state index >= 15 is 0 Å². The Morgan fingerprint density at radius 2 is 2.06 bits per heavy atom. The Hall–Kier alpha value is -2.17. The molecule has 0 radical (unpaired) electrons. The largest absolute Gasteiger partial charge is 0.365 e. The Balaban J connectivity index is 2.50. The molecular formula is C13H14FN3O. The minimum absolute atomic E-state index is 0.307. The van der Waals surface area contributed by atoms with Gasteiger partial charge in [0.05, 0.1) is 23.1 Å². The molecule has 0 aliphatic carbocycles. The SMILES string of the molecule is CCCc1c(C(N)=O)cnn1-c1ccc(F)cc1. The van der Waals surface area contributed by atoms with Gasteiger partial charge in [-0.25, -0.2) is 9.07 Å². The summed E-state index contributed by atoms with van der Waals surface area (Å²) < 4.78 is 14.5. The normalized spacial score (nSPS) is 10.6. The van der Waals surface area contributed by atoms with E-state index in [4.69, 9.17) is 5.73 Å². The first kappa shape index (κ1) is 12.3. The Kier molecular flexibility index (Phi) is 3.41. The van der Waals surface area contributed by atoms with Gasteiger partial charge in [0.25, 0.3) is 5.91 Å². The van der Waals surface area contributed by atoms with E-state index in [1.54, 1.807) is 16.8 Å². The number of benzene rings is 1. The molecule has 1 heterocycles. The summed E-state index contributed by atoms with van der Waals surface area (Å²) in [6, 6.07) is 5.95. The molecule has 0 aliphatic rings. The highest BCUT2D eigenvalue weighted by molar-refractivity contribution is 5.93. The van der Waals surface area contributed by atoms with Crippen molar-refractivity contribution in [3.8, 4) is 5.69 Å². The van der Waals surface area contributed by atoms with E-state index in [1.165, 1.54) is 18.3 Å². The van der Waals surface area contributed by atoms with Crippen molar-refractivity contribution in [2.75, 3.05) is 0 Å². The number of nitrogens with two attached hydrogens (primary N) is 1. The minimum Gasteiger partial charge on any atom is -0.365 e. The van der Waals surface area contributed by atoms with Crippen molar-refractivity contribution in [3.63, 3.8) is 0 Å². The summed E-state index contributed by atoms with van der Waals surface area (Å²) in [5.74, 6) is -0.801. The first-order chi connectivity index (χ1) is 8.63. The summed E-state index contributed by atoms with van der Waals surface area (Å²) in [5.41, 5.74) is 7.20. The van der Waals surface area contributed by atoms with Crippen LogP contribution in [-0.2, 0) is 6.42 Å². The maximum atomic E-state index is 12.9. The highest BCUT2D eigenvalue weighted by Crippen LogP contribution is 2.16. The molecule has 0 bridgehead atoms. The van der Waals surface area contributed by atoms with Crippen molar-refractivity contribution in [1.29, 1.82) is 0 Å². The number of hydrogen-bond acceptors (Lipinski definition) is 2. The zero-order valence-electron chi connectivity index (χ0n) is 10.1. The fraction of sp³-hybridized carbons (Fsp3) is 0.231. The molecule has 5 heteroatoms. The summed E-state index contributed by atoms with van der Waals surface area (Å²) in [6.07, 6.45) is 3.01. The van der Waals surface area contributed by atoms with Crippen LogP contribution in [0.4, 0.5) is 4.39 Å². The van der Waals surface area contributed by atoms with Crippen molar-refractivity contribution in [2.45, 2.75) is 19.8 Å². The second-order valence-corrected chi connectivity index (χ2v) is 4.01. The Morgan fingerprint density at radius 3 is 2.61 bits per heavy atom. The molecule has 0 unspecified atom stereocenters. The van der Waals surface area contributed by atoms with Crippen LogP contribution in [0.2, 0.25) is 0 Å². The van der Waals surface area contributed by atoms with E-state index in [9.17, 15) is 9.18 Å². The van der Waals surface area contributed by atoms with Crippen LogP contribution in [0.25, 0.3) is 5.69 Å². The summed E-state index contributed by atoms with van der Waals surface area (Å²) in [5, 5.41) is 4.15. The van der Waals surface area contributed by atoms with Crippen LogP contribution in [0.5, 0.6) is 0 Å². The first-order valence-electron chi connectivity index (χ1n) is 5.76. The second-order valence-electron chi connectivity index (χ2n) is 4.01. The van der Waals surface area contributed by atoms with Gasteiger partial charge in [0.15, 0.2) is 0 Å². The molecule has 94 valence electrons. The summed E-state index contributed by atoms with van der Waals surface area (Å²) >= 11 is 0. The van der Waals surface area contributed by atoms with Crippen LogP contribution in [0.1, 0.15) is 29.4 Å². The van der Waals surface area contributed by atoms with Gasteiger partial charge in [-0.05, 0) is 30.7 Å². The number of carbonyl (C=O) groups is 1. The Labute approximate surface area is 104 Å². The quantitative estimate of drug-likeness (QED) is 0.899. The van der Waals surface area contributed by atoms with Gasteiger partial charge in [-0.3, -0.25) is 4.79 Å². The smallest absolute Gasteiger partial charge is 0.252 e. The third kappa shape index (κ3) is 2.25. The number of primary amides is 1. The molecule has 0 saturated heterocycles. The van der Waals surface area contributed by atoms with Crippen LogP contribution in [0, 0.1) is 5.82 Å². The van der Waals surface area contributed by atoms with Crippen molar-refractivity contribution >= 4 is 5.91 Å². The van der Waals surface area contributed by atoms with Gasteiger partial charge in [0, 0.05) is 0 Å². The molecule has 1 aromatic carbocycles. The standard InChI is InChI=1S/C13H14FN3O/c1-2-3-12-11(13(15)18)8-16-17(12)10-6-4-9(14)5-7-10/h4-8H,2-3H2,1H3,(H2,15,18). The van der Waals surface area contributed by atoms with Gasteiger partial charge >= 0.3 is 0 Å². The summed E-state index contributed by atoms with van der Waals surface area (Å²) in [7, 11) is 0. The topological polar surface area (TPSA) is 60.9 Å². The highest BCUT2D eigenvalue weighted by atomic mass is 19.1. The molecule has 1 amide bonds. The van der Waals surface area contributed by atoms with Gasteiger partial charge in [0.1, 0.15) is 5.82 Å². The zero-order chi connectivity index (χ0) is 13.1. The van der Waals surface area contributed by atoms with Crippen LogP contribution >= 0.6 is 0 Å². The van der Waals surface area contributed by atoms with E-state index in [1.807, 2.05) is 6.92 Å². The van der Waals surface area contributed by atoms with Crippen LogP contribution in [-0.4, -0.2) is 15.7 Å². The van der Waals surface area contributed by atoms with E-state index in [2.05, 4.69) is 5.10 Å². The van der Waals surface area contributed by atoms with E-state index in [-0.39, 0.29) is 5.82 Å². The van der Waals surface area contributed by atoms with Gasteiger partial charge in [-0.2, -0.15) is 5.10 Å². The number of amides is 1. The highest BCUT2D eigenvalue weighted by Gasteiger charge is 2.15. The molecule has 0 saturated carbocycles. The molecular weight excluding hydrogens is 233 g/mol. The Bertz CT molecular complexity index is 560. The molecule has 0 fully saturated rings. The van der Waals surface area contributed by atoms with E-state index < -0.39 is 5.91 Å². The van der Waals surface area contributed by atoms with Crippen LogP contribution < -0.4 is 5.73 Å². The number of halogens is 1. The lowest BCUT2D eigenvalue weighted by atomic mass is 10.1. The van der Waals surface area contributed by atoms with E-state index in [0.717, 1.165) is 12.1 Å². The predicted octanol–water partition coefficient (Wildman–Crippen LogP) is 2.06. The van der Waals surface area contributed by atoms with Gasteiger partial charge in [-0.15, -0.1) is 0 Å². The lowest BCUT2D eigenvalue weighted by Gasteiger charge is -2.07. The molecule has 0 aliphatic heterocycles. The Morgan fingerprint density at radius 1 is 1.39 bits per heavy atom. The molecule has 18 heavy (non-hydrogen) atoms. The predicted molar refractivity (Wildman–Crippen MR) is 66.0 cm³/mol. The molecule has 2 rings (SSSR count). The molecule has 2 aromatic rings. The van der Waals surface area contributed by atoms with Gasteiger partial charge < -0.3 is 5.73 Å². The molecule has 4 nitrogen and oxygen atoms in total. The lowest BCUT2D eigenvalue weighted by Crippen LogP contribution is -2.14. The van der Waals surface area contributed by atoms with Gasteiger partial charge in [-0.1, -0.05) is 13.3 Å². The molecule has 0 spiro atoms. The van der Waals surface area contributed by atoms with Crippen molar-refractivity contribution in [3.05, 3.63) is 47.5 Å².